The van der Waals surface area contributed by atoms with Gasteiger partial charge in [0.15, 0.2) is 0 Å². The predicted molar refractivity (Wildman–Crippen MR) is 97.3 cm³/mol. The number of oxazole rings is 1. The Kier molecular flexibility index (Phi) is 5.40. The summed E-state index contributed by atoms with van der Waals surface area (Å²) in [6.07, 6.45) is 1.45. The molecule has 0 amide bonds. The largest absolute Gasteiger partial charge is 0.462 e. The van der Waals surface area contributed by atoms with E-state index in [4.69, 9.17) is 13.9 Å². The molecule has 2 heterocycles. The standard InChI is InChI=1S/C20H20N2O5/c1-4-25-19(23)16-12(2)17(21-13(16)3)20(24)27-11-15-10-26-18(22-15)14-8-6-5-7-9-14/h5-10,21H,4,11H2,1-3H3. The summed E-state index contributed by atoms with van der Waals surface area (Å²) in [5.74, 6) is -0.583. The lowest BCUT2D eigenvalue weighted by molar-refractivity contribution is 0.0460. The first-order valence-electron chi connectivity index (χ1n) is 8.54. The maximum absolute atomic E-state index is 12.4. The van der Waals surface area contributed by atoms with E-state index in [0.717, 1.165) is 5.56 Å². The van der Waals surface area contributed by atoms with Gasteiger partial charge in [-0.15, -0.1) is 0 Å². The minimum absolute atomic E-state index is 0.0403. The zero-order chi connectivity index (χ0) is 19.4. The second kappa shape index (κ2) is 7.90. The Hall–Kier alpha value is -3.35. The number of rotatable bonds is 6. The highest BCUT2D eigenvalue weighted by atomic mass is 16.5. The van der Waals surface area contributed by atoms with E-state index in [1.54, 1.807) is 20.8 Å². The molecule has 0 radical (unpaired) electrons. The molecule has 0 saturated carbocycles. The zero-order valence-corrected chi connectivity index (χ0v) is 15.4. The highest BCUT2D eigenvalue weighted by Crippen LogP contribution is 2.21. The summed E-state index contributed by atoms with van der Waals surface area (Å²) in [6, 6.07) is 9.43. The third kappa shape index (κ3) is 3.92. The minimum Gasteiger partial charge on any atom is -0.462 e. The number of aromatic nitrogens is 2. The second-order valence-corrected chi connectivity index (χ2v) is 5.93. The minimum atomic E-state index is -0.574. The molecule has 3 rings (SSSR count). The molecule has 0 aliphatic rings. The van der Waals surface area contributed by atoms with Crippen LogP contribution in [0.15, 0.2) is 41.0 Å². The molecule has 27 heavy (non-hydrogen) atoms. The van der Waals surface area contributed by atoms with Gasteiger partial charge in [0.1, 0.15) is 24.3 Å². The van der Waals surface area contributed by atoms with Gasteiger partial charge in [0.25, 0.3) is 0 Å². The Balaban J connectivity index is 1.69. The van der Waals surface area contributed by atoms with E-state index in [-0.39, 0.29) is 18.9 Å². The number of hydrogen-bond donors (Lipinski definition) is 1. The molecule has 0 bridgehead atoms. The Morgan fingerprint density at radius 2 is 1.85 bits per heavy atom. The summed E-state index contributed by atoms with van der Waals surface area (Å²) in [4.78, 5) is 31.6. The van der Waals surface area contributed by atoms with Crippen molar-refractivity contribution >= 4 is 11.9 Å². The number of carbonyl (C=O) groups is 2. The van der Waals surface area contributed by atoms with E-state index < -0.39 is 11.9 Å². The number of hydrogen-bond acceptors (Lipinski definition) is 6. The molecule has 1 aromatic carbocycles. The Bertz CT molecular complexity index is 956. The van der Waals surface area contributed by atoms with Gasteiger partial charge >= 0.3 is 11.9 Å². The monoisotopic (exact) mass is 368 g/mol. The molecule has 1 N–H and O–H groups in total. The summed E-state index contributed by atoms with van der Waals surface area (Å²) < 4.78 is 15.8. The van der Waals surface area contributed by atoms with Gasteiger partial charge in [0, 0.05) is 11.3 Å². The number of nitrogens with zero attached hydrogens (tertiary/aromatic N) is 1. The Morgan fingerprint density at radius 1 is 1.11 bits per heavy atom. The summed E-state index contributed by atoms with van der Waals surface area (Å²) in [7, 11) is 0. The molecule has 7 heteroatoms. The first-order valence-corrected chi connectivity index (χ1v) is 8.54. The maximum Gasteiger partial charge on any atom is 0.355 e. The molecule has 0 unspecified atom stereocenters. The van der Waals surface area contributed by atoms with E-state index in [0.29, 0.717) is 28.4 Å². The number of aromatic amines is 1. The lowest BCUT2D eigenvalue weighted by Gasteiger charge is -2.03. The summed E-state index contributed by atoms with van der Waals surface area (Å²) in [5.41, 5.74) is 2.98. The van der Waals surface area contributed by atoms with E-state index >= 15 is 0 Å². The van der Waals surface area contributed by atoms with E-state index in [1.807, 2.05) is 30.3 Å². The predicted octanol–water partition coefficient (Wildman–Crippen LogP) is 3.82. The molecule has 0 saturated heterocycles. The van der Waals surface area contributed by atoms with Crippen molar-refractivity contribution in [3.05, 3.63) is 64.8 Å². The van der Waals surface area contributed by atoms with Crippen molar-refractivity contribution in [2.24, 2.45) is 0 Å². The zero-order valence-electron chi connectivity index (χ0n) is 15.4. The van der Waals surface area contributed by atoms with Gasteiger partial charge in [-0.3, -0.25) is 0 Å². The fraction of sp³-hybridized carbons (Fsp3) is 0.250. The van der Waals surface area contributed by atoms with Gasteiger partial charge in [-0.25, -0.2) is 14.6 Å². The molecule has 2 aromatic heterocycles. The molecule has 3 aromatic rings. The summed E-state index contributed by atoms with van der Waals surface area (Å²) >= 11 is 0. The van der Waals surface area contributed by atoms with Crippen molar-refractivity contribution in [2.75, 3.05) is 6.61 Å². The van der Waals surface area contributed by atoms with Crippen LogP contribution in [0.1, 0.15) is 44.7 Å². The van der Waals surface area contributed by atoms with Crippen molar-refractivity contribution in [1.29, 1.82) is 0 Å². The molecule has 0 aliphatic heterocycles. The van der Waals surface area contributed by atoms with Crippen LogP contribution in [0.5, 0.6) is 0 Å². The average Bonchev–Trinajstić information content (AvgIpc) is 3.25. The number of aryl methyl sites for hydroxylation is 1. The topological polar surface area (TPSA) is 94.4 Å². The van der Waals surface area contributed by atoms with Crippen LogP contribution in [0.2, 0.25) is 0 Å². The van der Waals surface area contributed by atoms with Crippen molar-refractivity contribution in [3.8, 4) is 11.5 Å². The molecule has 0 atom stereocenters. The van der Waals surface area contributed by atoms with Gasteiger partial charge in [0.05, 0.1) is 12.2 Å². The lowest BCUT2D eigenvalue weighted by atomic mass is 10.1. The number of nitrogens with one attached hydrogen (secondary N) is 1. The van der Waals surface area contributed by atoms with Gasteiger partial charge in [-0.05, 0) is 38.5 Å². The quantitative estimate of drug-likeness (QED) is 0.665. The van der Waals surface area contributed by atoms with E-state index in [1.165, 1.54) is 6.26 Å². The fourth-order valence-corrected chi connectivity index (χ4v) is 2.76. The number of carbonyl (C=O) groups excluding carboxylic acids is 2. The highest BCUT2D eigenvalue weighted by molar-refractivity contribution is 5.98. The van der Waals surface area contributed by atoms with E-state index in [9.17, 15) is 9.59 Å². The Morgan fingerprint density at radius 3 is 2.56 bits per heavy atom. The van der Waals surface area contributed by atoms with Crippen LogP contribution in [0, 0.1) is 13.8 Å². The summed E-state index contributed by atoms with van der Waals surface area (Å²) in [5, 5.41) is 0. The first kappa shape index (κ1) is 18.4. The van der Waals surface area contributed by atoms with Crippen molar-refractivity contribution in [3.63, 3.8) is 0 Å². The average molecular weight is 368 g/mol. The molecule has 0 aliphatic carbocycles. The van der Waals surface area contributed by atoms with Crippen molar-refractivity contribution in [1.82, 2.24) is 9.97 Å². The Labute approximate surface area is 156 Å². The van der Waals surface area contributed by atoms with Gasteiger partial charge in [-0.1, -0.05) is 18.2 Å². The van der Waals surface area contributed by atoms with Crippen molar-refractivity contribution in [2.45, 2.75) is 27.4 Å². The molecule has 140 valence electrons. The summed E-state index contributed by atoms with van der Waals surface area (Å²) in [6.45, 7) is 5.34. The molecule has 0 fully saturated rings. The van der Waals surface area contributed by atoms with Crippen LogP contribution in [-0.2, 0) is 16.1 Å². The third-order valence-electron chi connectivity index (χ3n) is 4.04. The molecule has 7 nitrogen and oxygen atoms in total. The third-order valence-corrected chi connectivity index (χ3v) is 4.04. The maximum atomic E-state index is 12.4. The van der Waals surface area contributed by atoms with Gasteiger partial charge < -0.3 is 18.9 Å². The van der Waals surface area contributed by atoms with Crippen LogP contribution < -0.4 is 0 Å². The normalized spacial score (nSPS) is 10.6. The smallest absolute Gasteiger partial charge is 0.355 e. The van der Waals surface area contributed by atoms with Crippen LogP contribution in [0.25, 0.3) is 11.5 Å². The van der Waals surface area contributed by atoms with Crippen LogP contribution >= 0.6 is 0 Å². The molecule has 0 spiro atoms. The number of H-pyrrole nitrogens is 1. The van der Waals surface area contributed by atoms with Crippen LogP contribution in [-0.4, -0.2) is 28.5 Å². The SMILES string of the molecule is CCOC(=O)c1c(C)[nH]c(C(=O)OCc2coc(-c3ccccc3)n2)c1C. The van der Waals surface area contributed by atoms with E-state index in [2.05, 4.69) is 9.97 Å². The van der Waals surface area contributed by atoms with Crippen LogP contribution in [0.3, 0.4) is 0 Å². The highest BCUT2D eigenvalue weighted by Gasteiger charge is 2.24. The van der Waals surface area contributed by atoms with Gasteiger partial charge in [-0.2, -0.15) is 0 Å². The number of ether oxygens (including phenoxy) is 2. The van der Waals surface area contributed by atoms with Crippen molar-refractivity contribution < 1.29 is 23.5 Å². The molecular weight excluding hydrogens is 348 g/mol. The number of benzene rings is 1. The fourth-order valence-electron chi connectivity index (χ4n) is 2.76. The molecular formula is C20H20N2O5. The van der Waals surface area contributed by atoms with Crippen LogP contribution in [0.4, 0.5) is 0 Å². The second-order valence-electron chi connectivity index (χ2n) is 5.93. The van der Waals surface area contributed by atoms with Gasteiger partial charge in [0.2, 0.25) is 5.89 Å². The first-order chi connectivity index (χ1) is 13.0. The number of esters is 2. The lowest BCUT2D eigenvalue weighted by Crippen LogP contribution is -2.09.